The minimum absolute atomic E-state index is 0.00501. The van der Waals surface area contributed by atoms with Crippen LogP contribution in [0.4, 0.5) is 0 Å². The first kappa shape index (κ1) is 16.9. The second-order valence-corrected chi connectivity index (χ2v) is 9.28. The molecule has 3 atom stereocenters. The predicted octanol–water partition coefficient (Wildman–Crippen LogP) is 1.05. The molecule has 2 aliphatic rings. The zero-order valence-electron chi connectivity index (χ0n) is 13.1. The summed E-state index contributed by atoms with van der Waals surface area (Å²) in [6.07, 6.45) is 2.27. The quantitative estimate of drug-likeness (QED) is 0.854. The van der Waals surface area contributed by atoms with Crippen molar-refractivity contribution in [3.63, 3.8) is 0 Å². The van der Waals surface area contributed by atoms with Gasteiger partial charge in [0.05, 0.1) is 31.9 Å². The van der Waals surface area contributed by atoms with Crippen molar-refractivity contribution in [2.75, 3.05) is 26.0 Å². The summed E-state index contributed by atoms with van der Waals surface area (Å²) in [4.78, 5) is 13.2. The van der Waals surface area contributed by atoms with Crippen molar-refractivity contribution >= 4 is 27.3 Å². The average Bonchev–Trinajstić information content (AvgIpc) is 3.14. The van der Waals surface area contributed by atoms with Crippen LogP contribution in [-0.2, 0) is 26.1 Å². The molecule has 3 rings (SSSR count). The fraction of sp³-hybridized carbons (Fsp3) is 0.667. The Balaban J connectivity index is 1.50. The molecule has 0 radical (unpaired) electrons. The van der Waals surface area contributed by atoms with Crippen LogP contribution in [-0.4, -0.2) is 50.7 Å². The minimum Gasteiger partial charge on any atom is -0.377 e. The van der Waals surface area contributed by atoms with Crippen molar-refractivity contribution in [1.29, 1.82) is 0 Å². The van der Waals surface area contributed by atoms with Gasteiger partial charge >= 0.3 is 0 Å². The van der Waals surface area contributed by atoms with Crippen molar-refractivity contribution in [3.05, 3.63) is 22.4 Å². The molecule has 1 amide bonds. The van der Waals surface area contributed by atoms with E-state index < -0.39 is 10.0 Å². The summed E-state index contributed by atoms with van der Waals surface area (Å²) in [5.74, 6) is 0.476. The highest BCUT2D eigenvalue weighted by molar-refractivity contribution is 7.88. The van der Waals surface area contributed by atoms with Gasteiger partial charge in [-0.15, -0.1) is 11.3 Å². The molecule has 0 spiro atoms. The fourth-order valence-electron chi connectivity index (χ4n) is 3.42. The molecule has 0 bridgehead atoms. The van der Waals surface area contributed by atoms with Gasteiger partial charge in [0.15, 0.2) is 0 Å². The Hall–Kier alpha value is -0.960. The van der Waals surface area contributed by atoms with Crippen LogP contribution < -0.4 is 5.32 Å². The van der Waals surface area contributed by atoms with Crippen LogP contribution in [0.5, 0.6) is 0 Å². The molecular weight excluding hydrogens is 336 g/mol. The van der Waals surface area contributed by atoms with E-state index in [0.29, 0.717) is 32.7 Å². The Morgan fingerprint density at radius 1 is 1.52 bits per heavy atom. The summed E-state index contributed by atoms with van der Waals surface area (Å²) < 4.78 is 30.6. The number of hydrogen-bond acceptors (Lipinski definition) is 5. The van der Waals surface area contributed by atoms with Gasteiger partial charge < -0.3 is 10.1 Å². The normalized spacial score (nSPS) is 28.5. The molecule has 0 saturated carbocycles. The number of hydrogen-bond donors (Lipinski definition) is 1. The third-order valence-corrected chi connectivity index (χ3v) is 6.80. The highest BCUT2D eigenvalue weighted by Gasteiger charge is 2.43. The van der Waals surface area contributed by atoms with E-state index in [0.717, 1.165) is 11.3 Å². The van der Waals surface area contributed by atoms with E-state index in [-0.39, 0.29) is 23.8 Å². The van der Waals surface area contributed by atoms with Crippen molar-refractivity contribution in [3.8, 4) is 0 Å². The lowest BCUT2D eigenvalue weighted by Gasteiger charge is -2.33. The number of nitrogens with zero attached hydrogens (tertiary/aromatic N) is 1. The van der Waals surface area contributed by atoms with Crippen LogP contribution in [0.2, 0.25) is 0 Å². The third-order valence-electron chi connectivity index (χ3n) is 4.65. The van der Waals surface area contributed by atoms with Gasteiger partial charge in [-0.1, -0.05) is 6.07 Å². The molecule has 1 aromatic heterocycles. The van der Waals surface area contributed by atoms with Gasteiger partial charge in [0.25, 0.3) is 0 Å². The van der Waals surface area contributed by atoms with Gasteiger partial charge in [-0.2, -0.15) is 0 Å². The second kappa shape index (κ2) is 6.88. The largest absolute Gasteiger partial charge is 0.377 e. The Kier molecular flexibility index (Phi) is 5.05. The van der Waals surface area contributed by atoms with Crippen molar-refractivity contribution in [2.45, 2.75) is 25.5 Å². The molecule has 2 fully saturated rings. The molecule has 1 aromatic rings. The number of amides is 1. The number of fused-ring (bicyclic) bond motifs is 1. The Bertz CT molecular complexity index is 644. The predicted molar refractivity (Wildman–Crippen MR) is 88.5 cm³/mol. The van der Waals surface area contributed by atoms with E-state index in [1.54, 1.807) is 11.3 Å². The molecule has 128 valence electrons. The lowest BCUT2D eigenvalue weighted by molar-refractivity contribution is -0.123. The average molecular weight is 358 g/mol. The number of carbonyl (C=O) groups excluding carboxylic acids is 1. The van der Waals surface area contributed by atoms with Crippen LogP contribution in [0.15, 0.2) is 17.5 Å². The van der Waals surface area contributed by atoms with Crippen LogP contribution in [0, 0.1) is 11.8 Å². The maximum atomic E-state index is 12.1. The highest BCUT2D eigenvalue weighted by Crippen LogP contribution is 2.36. The monoisotopic (exact) mass is 358 g/mol. The van der Waals surface area contributed by atoms with E-state index in [1.807, 2.05) is 17.5 Å². The molecule has 23 heavy (non-hydrogen) atoms. The van der Waals surface area contributed by atoms with Gasteiger partial charge in [0, 0.05) is 23.9 Å². The Morgan fingerprint density at radius 2 is 2.35 bits per heavy atom. The number of ether oxygens (including phenoxy) is 1. The standard InChI is InChI=1S/C15H22N2O4S2/c1-23(19,20)17-5-4-13-11(9-17)10-21-14(13)7-15(18)16-8-12-3-2-6-22-12/h2-3,6,11,13-14H,4-5,7-10H2,1H3,(H,16,18)/t11-,13-,14-/m1/s1. The highest BCUT2D eigenvalue weighted by atomic mass is 32.2. The maximum absolute atomic E-state index is 12.1. The first-order chi connectivity index (χ1) is 10.9. The van der Waals surface area contributed by atoms with E-state index in [1.165, 1.54) is 10.6 Å². The molecule has 0 aromatic carbocycles. The maximum Gasteiger partial charge on any atom is 0.222 e. The summed E-state index contributed by atoms with van der Waals surface area (Å²) in [5, 5.41) is 4.91. The second-order valence-electron chi connectivity index (χ2n) is 6.27. The lowest BCUT2D eigenvalue weighted by Crippen LogP contribution is -2.44. The van der Waals surface area contributed by atoms with Gasteiger partial charge in [-0.25, -0.2) is 12.7 Å². The topological polar surface area (TPSA) is 75.7 Å². The smallest absolute Gasteiger partial charge is 0.222 e. The summed E-state index contributed by atoms with van der Waals surface area (Å²) >= 11 is 1.62. The number of piperidine rings is 1. The van der Waals surface area contributed by atoms with Crippen molar-refractivity contribution in [1.82, 2.24) is 9.62 Å². The molecular formula is C15H22N2O4S2. The molecule has 2 saturated heterocycles. The number of nitrogens with one attached hydrogen (secondary N) is 1. The molecule has 0 unspecified atom stereocenters. The van der Waals surface area contributed by atoms with Gasteiger partial charge in [0.1, 0.15) is 0 Å². The van der Waals surface area contributed by atoms with Crippen LogP contribution in [0.1, 0.15) is 17.7 Å². The molecule has 0 aliphatic carbocycles. The third kappa shape index (κ3) is 4.12. The van der Waals surface area contributed by atoms with E-state index >= 15 is 0 Å². The Labute approximate surface area is 140 Å². The fourth-order valence-corrected chi connectivity index (χ4v) is 4.96. The van der Waals surface area contributed by atoms with Crippen molar-refractivity contribution in [2.24, 2.45) is 11.8 Å². The van der Waals surface area contributed by atoms with Crippen LogP contribution in [0.25, 0.3) is 0 Å². The molecule has 6 nitrogen and oxygen atoms in total. The molecule has 3 heterocycles. The number of thiophene rings is 1. The Morgan fingerprint density at radius 3 is 3.04 bits per heavy atom. The lowest BCUT2D eigenvalue weighted by atomic mass is 9.84. The number of carbonyl (C=O) groups is 1. The summed E-state index contributed by atoms with van der Waals surface area (Å²) in [7, 11) is -3.14. The SMILES string of the molecule is CS(=O)(=O)N1CC[C@@H]2[C@@H](CO[C@@H]2CC(=O)NCc2cccs2)C1. The van der Waals surface area contributed by atoms with Gasteiger partial charge in [0.2, 0.25) is 15.9 Å². The van der Waals surface area contributed by atoms with Gasteiger partial charge in [-0.05, 0) is 23.8 Å². The van der Waals surface area contributed by atoms with Crippen LogP contribution >= 0.6 is 11.3 Å². The summed E-state index contributed by atoms with van der Waals surface area (Å²) in [5.41, 5.74) is 0. The summed E-state index contributed by atoms with van der Waals surface area (Å²) in [6.45, 7) is 2.13. The molecule has 2 aliphatic heterocycles. The number of rotatable bonds is 5. The first-order valence-electron chi connectivity index (χ1n) is 7.79. The minimum atomic E-state index is -3.14. The molecule has 8 heteroatoms. The van der Waals surface area contributed by atoms with Crippen molar-refractivity contribution < 1.29 is 17.9 Å². The molecule has 1 N–H and O–H groups in total. The zero-order chi connectivity index (χ0) is 16.4. The van der Waals surface area contributed by atoms with E-state index in [4.69, 9.17) is 4.74 Å². The number of sulfonamides is 1. The van der Waals surface area contributed by atoms with Gasteiger partial charge in [-0.3, -0.25) is 4.79 Å². The summed E-state index contributed by atoms with van der Waals surface area (Å²) in [6, 6.07) is 3.96. The van der Waals surface area contributed by atoms with E-state index in [2.05, 4.69) is 5.32 Å². The zero-order valence-corrected chi connectivity index (χ0v) is 14.7. The first-order valence-corrected chi connectivity index (χ1v) is 10.5. The van der Waals surface area contributed by atoms with E-state index in [9.17, 15) is 13.2 Å². The van der Waals surface area contributed by atoms with Crippen LogP contribution in [0.3, 0.4) is 0 Å².